The first-order valence-corrected chi connectivity index (χ1v) is 7.66. The van der Waals surface area contributed by atoms with Gasteiger partial charge in [0.05, 0.1) is 16.7 Å². The highest BCUT2D eigenvalue weighted by molar-refractivity contribution is 5.93. The predicted molar refractivity (Wildman–Crippen MR) is 96.1 cm³/mol. The average molecular weight is 299 g/mol. The van der Waals surface area contributed by atoms with E-state index in [-0.39, 0.29) is 0 Å². The fraction of sp³-hybridized carbons (Fsp3) is 0.0500. The summed E-state index contributed by atoms with van der Waals surface area (Å²) >= 11 is 0. The van der Waals surface area contributed by atoms with Gasteiger partial charge in [0, 0.05) is 17.8 Å². The molecule has 23 heavy (non-hydrogen) atoms. The molecule has 0 radical (unpaired) electrons. The topological polar surface area (TPSA) is 29.3 Å². The number of para-hydroxylation sites is 3. The number of nitrogens with one attached hydrogen (secondary N) is 1. The first-order chi connectivity index (χ1) is 11.3. The van der Waals surface area contributed by atoms with E-state index in [2.05, 4.69) is 65.6 Å². The van der Waals surface area contributed by atoms with Gasteiger partial charge in [-0.15, -0.1) is 0 Å². The quantitative estimate of drug-likeness (QED) is 0.435. The molecule has 1 heterocycles. The van der Waals surface area contributed by atoms with Crippen LogP contribution in [0.1, 0.15) is 0 Å². The summed E-state index contributed by atoms with van der Waals surface area (Å²) in [5, 5.41) is 7.95. The van der Waals surface area contributed by atoms with Crippen molar-refractivity contribution in [2.24, 2.45) is 12.1 Å². The van der Waals surface area contributed by atoms with Crippen LogP contribution in [-0.4, -0.2) is 4.57 Å². The summed E-state index contributed by atoms with van der Waals surface area (Å²) in [6.07, 6.45) is 0. The minimum atomic E-state index is 0.971. The Morgan fingerprint density at radius 2 is 1.22 bits per heavy atom. The van der Waals surface area contributed by atoms with Crippen LogP contribution < -0.4 is 10.8 Å². The summed E-state index contributed by atoms with van der Waals surface area (Å²) in [5.74, 6) is 0. The summed E-state index contributed by atoms with van der Waals surface area (Å²) in [7, 11) is 2.10. The van der Waals surface area contributed by atoms with Gasteiger partial charge < -0.3 is 4.57 Å². The summed E-state index contributed by atoms with van der Waals surface area (Å²) in [5.41, 5.74) is 6.49. The van der Waals surface area contributed by atoms with Crippen LogP contribution >= 0.6 is 0 Å². The van der Waals surface area contributed by atoms with Gasteiger partial charge in [0.15, 0.2) is 0 Å². The molecule has 4 aromatic rings. The second-order valence-corrected chi connectivity index (χ2v) is 5.53. The molecular weight excluding hydrogens is 282 g/mol. The molecule has 0 aliphatic rings. The van der Waals surface area contributed by atoms with Gasteiger partial charge in [-0.1, -0.05) is 54.6 Å². The van der Waals surface area contributed by atoms with Crippen molar-refractivity contribution in [3.63, 3.8) is 0 Å². The maximum Gasteiger partial charge on any atom is 0.102 e. The zero-order valence-electron chi connectivity index (χ0n) is 12.9. The van der Waals surface area contributed by atoms with Crippen LogP contribution in [0.4, 0.5) is 5.69 Å². The molecule has 0 saturated heterocycles. The van der Waals surface area contributed by atoms with Gasteiger partial charge in [0.1, 0.15) is 5.36 Å². The van der Waals surface area contributed by atoms with Crippen molar-refractivity contribution in [2.45, 2.75) is 0 Å². The Balaban J connectivity index is 2.05. The summed E-state index contributed by atoms with van der Waals surface area (Å²) in [6.45, 7) is 0. The second-order valence-electron chi connectivity index (χ2n) is 5.53. The van der Waals surface area contributed by atoms with E-state index in [0.717, 1.165) is 21.8 Å². The molecular formula is C20H17N3. The Labute approximate surface area is 134 Å². The SMILES string of the molecule is Cn1c2ccccc2c(=NNc2ccccc2)c2ccccc21. The fourth-order valence-corrected chi connectivity index (χ4v) is 2.96. The van der Waals surface area contributed by atoms with Gasteiger partial charge in [-0.05, 0) is 24.3 Å². The normalized spacial score (nSPS) is 10.8. The highest BCUT2D eigenvalue weighted by Crippen LogP contribution is 2.17. The minimum absolute atomic E-state index is 0.971. The van der Waals surface area contributed by atoms with Crippen molar-refractivity contribution < 1.29 is 0 Å². The van der Waals surface area contributed by atoms with Crippen LogP contribution in [-0.2, 0) is 7.05 Å². The molecule has 4 rings (SSSR count). The molecule has 0 amide bonds. The number of hydrogen-bond acceptors (Lipinski definition) is 2. The zero-order chi connectivity index (χ0) is 15.6. The van der Waals surface area contributed by atoms with Crippen molar-refractivity contribution in [1.82, 2.24) is 4.57 Å². The second kappa shape index (κ2) is 5.61. The lowest BCUT2D eigenvalue weighted by Gasteiger charge is -2.12. The maximum atomic E-state index is 4.71. The third-order valence-electron chi connectivity index (χ3n) is 4.11. The number of anilines is 1. The van der Waals surface area contributed by atoms with Crippen LogP contribution in [0.3, 0.4) is 0 Å². The van der Waals surface area contributed by atoms with Crippen LogP contribution in [0.15, 0.2) is 84.0 Å². The van der Waals surface area contributed by atoms with Crippen molar-refractivity contribution >= 4 is 27.5 Å². The van der Waals surface area contributed by atoms with Crippen LogP contribution in [0.2, 0.25) is 0 Å². The van der Waals surface area contributed by atoms with Crippen LogP contribution in [0.25, 0.3) is 21.8 Å². The van der Waals surface area contributed by atoms with E-state index in [4.69, 9.17) is 5.10 Å². The van der Waals surface area contributed by atoms with Crippen LogP contribution in [0, 0.1) is 0 Å². The predicted octanol–water partition coefficient (Wildman–Crippen LogP) is 4.26. The molecule has 3 nitrogen and oxygen atoms in total. The van der Waals surface area contributed by atoms with Crippen molar-refractivity contribution in [1.29, 1.82) is 0 Å². The lowest BCUT2D eigenvalue weighted by molar-refractivity contribution is 1.000. The summed E-state index contributed by atoms with van der Waals surface area (Å²) < 4.78 is 2.21. The molecule has 3 aromatic carbocycles. The minimum Gasteiger partial charge on any atom is -0.344 e. The van der Waals surface area contributed by atoms with Gasteiger partial charge in [-0.2, -0.15) is 5.10 Å². The molecule has 0 saturated carbocycles. The molecule has 0 aliphatic carbocycles. The number of rotatable bonds is 2. The highest BCUT2D eigenvalue weighted by Gasteiger charge is 2.06. The van der Waals surface area contributed by atoms with E-state index < -0.39 is 0 Å². The first kappa shape index (κ1) is 13.6. The molecule has 0 aliphatic heterocycles. The zero-order valence-corrected chi connectivity index (χ0v) is 12.9. The van der Waals surface area contributed by atoms with Gasteiger partial charge >= 0.3 is 0 Å². The lowest BCUT2D eigenvalue weighted by Crippen LogP contribution is -2.12. The van der Waals surface area contributed by atoms with Crippen LogP contribution in [0.5, 0.6) is 0 Å². The third kappa shape index (κ3) is 2.36. The van der Waals surface area contributed by atoms with Gasteiger partial charge in [0.25, 0.3) is 0 Å². The van der Waals surface area contributed by atoms with Crippen molar-refractivity contribution in [2.75, 3.05) is 5.43 Å². The Morgan fingerprint density at radius 1 is 0.696 bits per heavy atom. The molecule has 1 aromatic heterocycles. The molecule has 0 bridgehead atoms. The Morgan fingerprint density at radius 3 is 1.83 bits per heavy atom. The Kier molecular flexibility index (Phi) is 3.31. The summed E-state index contributed by atoms with van der Waals surface area (Å²) in [6, 6.07) is 26.7. The van der Waals surface area contributed by atoms with Gasteiger partial charge in [-0.3, -0.25) is 5.43 Å². The Bertz CT molecular complexity index is 987. The maximum absolute atomic E-state index is 4.71. The number of benzene rings is 3. The number of hydrogen-bond donors (Lipinski definition) is 1. The average Bonchev–Trinajstić information content (AvgIpc) is 2.63. The number of fused-ring (bicyclic) bond motifs is 2. The van der Waals surface area contributed by atoms with E-state index in [9.17, 15) is 0 Å². The van der Waals surface area contributed by atoms with Crippen molar-refractivity contribution in [3.8, 4) is 0 Å². The first-order valence-electron chi connectivity index (χ1n) is 7.66. The molecule has 0 atom stereocenters. The molecule has 0 fully saturated rings. The Hall–Kier alpha value is -3.07. The molecule has 1 N–H and O–H groups in total. The van der Waals surface area contributed by atoms with Crippen molar-refractivity contribution in [3.05, 3.63) is 84.2 Å². The van der Waals surface area contributed by atoms with E-state index in [1.807, 2.05) is 30.3 Å². The van der Waals surface area contributed by atoms with E-state index in [0.29, 0.717) is 0 Å². The van der Waals surface area contributed by atoms with E-state index in [1.54, 1.807) is 0 Å². The monoisotopic (exact) mass is 299 g/mol. The number of aromatic nitrogens is 1. The molecule has 0 spiro atoms. The molecule has 112 valence electrons. The lowest BCUT2D eigenvalue weighted by atomic mass is 10.1. The van der Waals surface area contributed by atoms with Gasteiger partial charge in [-0.25, -0.2) is 0 Å². The molecule has 3 heteroatoms. The number of nitrogens with zero attached hydrogens (tertiary/aromatic N) is 2. The highest BCUT2D eigenvalue weighted by atomic mass is 15.3. The fourth-order valence-electron chi connectivity index (χ4n) is 2.96. The number of aryl methyl sites for hydroxylation is 1. The summed E-state index contributed by atoms with van der Waals surface area (Å²) in [4.78, 5) is 0. The van der Waals surface area contributed by atoms with Gasteiger partial charge in [0.2, 0.25) is 0 Å². The third-order valence-corrected chi connectivity index (χ3v) is 4.11. The molecule has 0 unspecified atom stereocenters. The smallest absolute Gasteiger partial charge is 0.102 e. The van der Waals surface area contributed by atoms with E-state index in [1.165, 1.54) is 11.0 Å². The largest absolute Gasteiger partial charge is 0.344 e. The standard InChI is InChI=1S/C20H17N3/c1-23-18-13-7-5-11-16(18)20(17-12-6-8-14-19(17)23)22-21-15-9-3-2-4-10-15/h2-14,21H,1H3. The van der Waals surface area contributed by atoms with E-state index >= 15 is 0 Å². The number of pyridine rings is 1.